The van der Waals surface area contributed by atoms with Gasteiger partial charge in [0.25, 0.3) is 0 Å². The predicted molar refractivity (Wildman–Crippen MR) is 79.5 cm³/mol. The lowest BCUT2D eigenvalue weighted by molar-refractivity contribution is 0.768. The van der Waals surface area contributed by atoms with E-state index in [-0.39, 0.29) is 0 Å². The van der Waals surface area contributed by atoms with Crippen LogP contribution >= 0.6 is 17.9 Å². The van der Waals surface area contributed by atoms with Crippen molar-refractivity contribution in [2.24, 2.45) is 0 Å². The Hall–Kier alpha value is 0.720. The van der Waals surface area contributed by atoms with Crippen LogP contribution < -0.4 is 0 Å². The molecule has 0 nitrogen and oxygen atoms in total. The molecule has 0 saturated heterocycles. The molecule has 3 saturated carbocycles. The first-order valence-corrected chi connectivity index (χ1v) is 10.8. The van der Waals surface area contributed by atoms with E-state index in [1.807, 2.05) is 0 Å². The van der Waals surface area contributed by atoms with Gasteiger partial charge in [0.2, 0.25) is 0 Å². The summed E-state index contributed by atoms with van der Waals surface area (Å²) in [6.07, 6.45) is 17.7. The van der Waals surface area contributed by atoms with Gasteiger partial charge >= 0.3 is 0 Å². The van der Waals surface area contributed by atoms with Gasteiger partial charge in [-0.3, -0.25) is 0 Å². The fourth-order valence-electron chi connectivity index (χ4n) is 4.79. The quantitative estimate of drug-likeness (QED) is 0.554. The van der Waals surface area contributed by atoms with Crippen molar-refractivity contribution in [3.63, 3.8) is 0 Å². The van der Waals surface area contributed by atoms with Crippen LogP contribution in [0.5, 0.6) is 0 Å². The zero-order valence-electron chi connectivity index (χ0n) is 11.0. The largest absolute Gasteiger partial charge is 0.122 e. The van der Waals surface area contributed by atoms with Gasteiger partial charge in [-0.05, 0) is 77.0 Å². The normalized spacial score (nSPS) is 29.5. The lowest BCUT2D eigenvalue weighted by Gasteiger charge is -2.35. The van der Waals surface area contributed by atoms with Crippen LogP contribution in [0.4, 0.5) is 0 Å². The maximum atomic E-state index is 7.47. The summed E-state index contributed by atoms with van der Waals surface area (Å²) >= 11 is 7.47. The minimum atomic E-state index is -1.14. The van der Waals surface area contributed by atoms with Gasteiger partial charge in [-0.2, -0.15) is 0 Å². The number of hydrogen-bond acceptors (Lipinski definition) is 0. The van der Waals surface area contributed by atoms with Gasteiger partial charge in [0.15, 0.2) is 0 Å². The smallest absolute Gasteiger partial charge is 0.0494 e. The Morgan fingerprint density at radius 2 is 0.765 bits per heavy atom. The molecule has 98 valence electrons. The molecule has 0 atom stereocenters. The van der Waals surface area contributed by atoms with Gasteiger partial charge in [-0.25, -0.2) is 0 Å². The Morgan fingerprint density at radius 1 is 0.529 bits per heavy atom. The van der Waals surface area contributed by atoms with E-state index >= 15 is 0 Å². The fraction of sp³-hybridized carbons (Fsp3) is 1.00. The second-order valence-electron chi connectivity index (χ2n) is 6.55. The van der Waals surface area contributed by atoms with E-state index in [0.29, 0.717) is 0 Å². The van der Waals surface area contributed by atoms with Crippen LogP contribution in [0.1, 0.15) is 77.0 Å². The molecule has 3 fully saturated rings. The standard InChI is InChI=1S/C15H27ClP/c16-17(13-7-1-2-8-13,14-9-3-4-10-14)15-11-5-6-12-15/h13-15H,1-12H2/q+1. The van der Waals surface area contributed by atoms with Crippen molar-refractivity contribution in [1.29, 1.82) is 0 Å². The van der Waals surface area contributed by atoms with Gasteiger partial charge in [0.05, 0.1) is 28.2 Å². The van der Waals surface area contributed by atoms with E-state index in [9.17, 15) is 0 Å². The van der Waals surface area contributed by atoms with E-state index in [4.69, 9.17) is 11.2 Å². The zero-order chi connectivity index (χ0) is 11.7. The molecule has 0 aromatic heterocycles. The highest BCUT2D eigenvalue weighted by atomic mass is 35.7. The van der Waals surface area contributed by atoms with E-state index in [0.717, 1.165) is 17.0 Å². The molecule has 0 radical (unpaired) electrons. The van der Waals surface area contributed by atoms with Crippen molar-refractivity contribution in [1.82, 2.24) is 0 Å². The molecular formula is C15H27ClP+. The molecule has 3 rings (SSSR count). The van der Waals surface area contributed by atoms with E-state index in [2.05, 4.69) is 0 Å². The maximum Gasteiger partial charge on any atom is 0.122 e. The lowest BCUT2D eigenvalue weighted by Crippen LogP contribution is -2.24. The van der Waals surface area contributed by atoms with Crippen LogP contribution in [-0.2, 0) is 0 Å². The molecule has 0 unspecified atom stereocenters. The number of hydrogen-bond donors (Lipinski definition) is 0. The Balaban J connectivity index is 1.81. The molecule has 0 heterocycles. The SMILES string of the molecule is Cl[P+](C1CCCC1)(C1CCCC1)C1CCCC1. The van der Waals surface area contributed by atoms with Crippen molar-refractivity contribution in [2.75, 3.05) is 0 Å². The third kappa shape index (κ3) is 2.30. The summed E-state index contributed by atoms with van der Waals surface area (Å²) < 4.78 is 0. The topological polar surface area (TPSA) is 0 Å². The van der Waals surface area contributed by atoms with Crippen LogP contribution in [0.2, 0.25) is 0 Å². The van der Waals surface area contributed by atoms with Crippen molar-refractivity contribution in [3.8, 4) is 0 Å². The van der Waals surface area contributed by atoms with E-state index in [1.54, 1.807) is 0 Å². The number of halogens is 1. The molecule has 3 aliphatic carbocycles. The molecular weight excluding hydrogens is 247 g/mol. The van der Waals surface area contributed by atoms with Crippen LogP contribution in [0.15, 0.2) is 0 Å². The molecule has 0 aromatic carbocycles. The Morgan fingerprint density at radius 3 is 1.00 bits per heavy atom. The molecule has 0 spiro atoms. The van der Waals surface area contributed by atoms with Crippen LogP contribution in [0.3, 0.4) is 0 Å². The summed E-state index contributed by atoms with van der Waals surface area (Å²) in [5.41, 5.74) is 2.90. The molecule has 0 aromatic rings. The van der Waals surface area contributed by atoms with Crippen molar-refractivity contribution in [2.45, 2.75) is 94.0 Å². The van der Waals surface area contributed by atoms with Crippen molar-refractivity contribution >= 4 is 17.9 Å². The second kappa shape index (κ2) is 5.38. The Labute approximate surface area is 112 Å². The van der Waals surface area contributed by atoms with Gasteiger partial charge in [-0.15, -0.1) is 0 Å². The molecule has 0 bridgehead atoms. The first kappa shape index (κ1) is 12.7. The summed E-state index contributed by atoms with van der Waals surface area (Å²) in [4.78, 5) is 0. The Bertz CT molecular complexity index is 207. The highest BCUT2D eigenvalue weighted by Crippen LogP contribution is 2.81. The van der Waals surface area contributed by atoms with Crippen LogP contribution in [0, 0.1) is 0 Å². The first-order valence-electron chi connectivity index (χ1n) is 7.89. The summed E-state index contributed by atoms with van der Waals surface area (Å²) in [6, 6.07) is 0. The third-order valence-electron chi connectivity index (χ3n) is 5.65. The predicted octanol–water partition coefficient (Wildman–Crippen LogP) is 5.99. The van der Waals surface area contributed by atoms with E-state index < -0.39 is 6.62 Å². The van der Waals surface area contributed by atoms with Gasteiger partial charge in [0, 0.05) is 0 Å². The van der Waals surface area contributed by atoms with Crippen LogP contribution in [-0.4, -0.2) is 17.0 Å². The van der Waals surface area contributed by atoms with Crippen molar-refractivity contribution in [3.05, 3.63) is 0 Å². The summed E-state index contributed by atoms with van der Waals surface area (Å²) in [5.74, 6) is 0. The van der Waals surface area contributed by atoms with E-state index in [1.165, 1.54) is 77.0 Å². The van der Waals surface area contributed by atoms with Crippen LogP contribution in [0.25, 0.3) is 0 Å². The first-order chi connectivity index (χ1) is 8.32. The maximum absolute atomic E-state index is 7.47. The van der Waals surface area contributed by atoms with Gasteiger partial charge in [-0.1, -0.05) is 0 Å². The fourth-order valence-corrected chi connectivity index (χ4v) is 11.8. The molecule has 17 heavy (non-hydrogen) atoms. The van der Waals surface area contributed by atoms with Gasteiger partial charge < -0.3 is 0 Å². The average Bonchev–Trinajstić information content (AvgIpc) is 3.10. The third-order valence-corrected chi connectivity index (χ3v) is 13.0. The lowest BCUT2D eigenvalue weighted by atomic mass is 10.3. The minimum absolute atomic E-state index is 0.968. The Kier molecular flexibility index (Phi) is 4.03. The average molecular weight is 274 g/mol. The molecule has 0 amide bonds. The molecule has 2 heteroatoms. The summed E-state index contributed by atoms with van der Waals surface area (Å²) in [5, 5.41) is 0. The highest BCUT2D eigenvalue weighted by molar-refractivity contribution is 8.00. The molecule has 0 N–H and O–H groups in total. The summed E-state index contributed by atoms with van der Waals surface area (Å²) in [7, 11) is 0. The highest BCUT2D eigenvalue weighted by Gasteiger charge is 2.58. The van der Waals surface area contributed by atoms with Gasteiger partial charge in [0.1, 0.15) is 6.62 Å². The molecule has 3 aliphatic rings. The second-order valence-corrected chi connectivity index (χ2v) is 12.0. The minimum Gasteiger partial charge on any atom is -0.0494 e. The molecule has 0 aliphatic heterocycles. The number of rotatable bonds is 3. The zero-order valence-corrected chi connectivity index (χ0v) is 12.7. The summed E-state index contributed by atoms with van der Waals surface area (Å²) in [6.45, 7) is -1.14. The van der Waals surface area contributed by atoms with Crippen molar-refractivity contribution < 1.29 is 0 Å². The monoisotopic (exact) mass is 273 g/mol.